The van der Waals surface area contributed by atoms with E-state index < -0.39 is 0 Å². The van der Waals surface area contributed by atoms with Crippen LogP contribution in [0.5, 0.6) is 0 Å². The van der Waals surface area contributed by atoms with Crippen LogP contribution in [0.1, 0.15) is 31.7 Å². The fraction of sp³-hybridized carbons (Fsp3) is 0.611. The third-order valence-corrected chi connectivity index (χ3v) is 4.55. The highest BCUT2D eigenvalue weighted by Crippen LogP contribution is 2.20. The number of ether oxygens (including phenoxy) is 2. The molecule has 0 radical (unpaired) electrons. The zero-order valence-corrected chi connectivity index (χ0v) is 13.7. The number of hydrogen-bond acceptors (Lipinski definition) is 4. The van der Waals surface area contributed by atoms with Gasteiger partial charge in [0, 0.05) is 25.2 Å². The van der Waals surface area contributed by atoms with E-state index >= 15 is 0 Å². The van der Waals surface area contributed by atoms with E-state index in [9.17, 15) is 4.79 Å². The Morgan fingerprint density at radius 3 is 2.74 bits per heavy atom. The molecule has 2 atom stereocenters. The van der Waals surface area contributed by atoms with E-state index in [4.69, 9.17) is 9.47 Å². The van der Waals surface area contributed by atoms with Crippen LogP contribution >= 0.6 is 0 Å². The summed E-state index contributed by atoms with van der Waals surface area (Å²) in [6, 6.07) is 11.2. The van der Waals surface area contributed by atoms with Gasteiger partial charge in [-0.05, 0) is 25.3 Å². The van der Waals surface area contributed by atoms with Gasteiger partial charge in [0.05, 0.1) is 19.6 Å². The van der Waals surface area contributed by atoms with E-state index in [1.807, 2.05) is 6.07 Å². The molecule has 2 aliphatic heterocycles. The minimum atomic E-state index is -0.372. The maximum absolute atomic E-state index is 12.1. The smallest absolute Gasteiger partial charge is 0.225 e. The summed E-state index contributed by atoms with van der Waals surface area (Å²) in [5.41, 5.74) is 1.32. The van der Waals surface area contributed by atoms with Crippen molar-refractivity contribution in [2.75, 3.05) is 19.8 Å². The van der Waals surface area contributed by atoms with E-state index in [-0.39, 0.29) is 18.2 Å². The first-order chi connectivity index (χ1) is 11.2. The third kappa shape index (κ3) is 4.77. The third-order valence-electron chi connectivity index (χ3n) is 4.55. The molecule has 3 rings (SSSR count). The lowest BCUT2D eigenvalue weighted by Crippen LogP contribution is -2.40. The molecule has 0 bridgehead atoms. The van der Waals surface area contributed by atoms with E-state index in [0.717, 1.165) is 25.9 Å². The largest absolute Gasteiger partial charge is 0.352 e. The topological polar surface area (TPSA) is 50.8 Å². The summed E-state index contributed by atoms with van der Waals surface area (Å²) in [5, 5.41) is 3.13. The van der Waals surface area contributed by atoms with E-state index in [1.54, 1.807) is 0 Å². The van der Waals surface area contributed by atoms with Crippen molar-refractivity contribution >= 4 is 5.91 Å². The number of nitrogens with one attached hydrogen (secondary N) is 1. The van der Waals surface area contributed by atoms with Gasteiger partial charge in [0.25, 0.3) is 0 Å². The Bertz CT molecular complexity index is 502. The molecule has 2 heterocycles. The standard InChI is InChI=1S/C18H26N2O3/c1-14-10-16(13-20(14)12-15-6-3-2-4-7-15)19-17(21)11-18-22-8-5-9-23-18/h2-4,6-7,14,16,18H,5,8-13H2,1H3,(H,19,21)/t14-,16-/m1/s1. The van der Waals surface area contributed by atoms with Crippen LogP contribution in [0.4, 0.5) is 0 Å². The molecule has 1 aromatic carbocycles. The summed E-state index contributed by atoms with van der Waals surface area (Å²) in [4.78, 5) is 14.6. The Morgan fingerprint density at radius 2 is 2.00 bits per heavy atom. The molecule has 0 aliphatic carbocycles. The number of nitrogens with zero attached hydrogens (tertiary/aromatic N) is 1. The van der Waals surface area contributed by atoms with Crippen molar-refractivity contribution in [2.24, 2.45) is 0 Å². The predicted molar refractivity (Wildman–Crippen MR) is 87.8 cm³/mol. The molecule has 2 fully saturated rings. The van der Waals surface area contributed by atoms with E-state index in [1.165, 1.54) is 5.56 Å². The van der Waals surface area contributed by atoms with Gasteiger partial charge in [-0.3, -0.25) is 9.69 Å². The van der Waals surface area contributed by atoms with Crippen LogP contribution in [0.3, 0.4) is 0 Å². The predicted octanol–water partition coefficient (Wildman–Crippen LogP) is 1.92. The number of hydrogen-bond donors (Lipinski definition) is 1. The van der Waals surface area contributed by atoms with Gasteiger partial charge < -0.3 is 14.8 Å². The monoisotopic (exact) mass is 318 g/mol. The number of amides is 1. The molecule has 1 aromatic rings. The summed E-state index contributed by atoms with van der Waals surface area (Å²) in [5.74, 6) is 0.0238. The maximum atomic E-state index is 12.1. The van der Waals surface area contributed by atoms with Crippen LogP contribution in [-0.4, -0.2) is 48.9 Å². The number of carbonyl (C=O) groups is 1. The summed E-state index contributed by atoms with van der Waals surface area (Å²) >= 11 is 0. The zero-order chi connectivity index (χ0) is 16.1. The van der Waals surface area contributed by atoms with Crippen LogP contribution < -0.4 is 5.32 Å². The molecule has 1 amide bonds. The summed E-state index contributed by atoms with van der Waals surface area (Å²) in [6.45, 7) is 5.42. The number of carbonyl (C=O) groups excluding carboxylic acids is 1. The molecule has 2 aliphatic rings. The lowest BCUT2D eigenvalue weighted by molar-refractivity contribution is -0.184. The quantitative estimate of drug-likeness (QED) is 0.901. The lowest BCUT2D eigenvalue weighted by atomic mass is 10.2. The fourth-order valence-electron chi connectivity index (χ4n) is 3.33. The number of rotatable bonds is 5. The van der Waals surface area contributed by atoms with Crippen LogP contribution in [0, 0.1) is 0 Å². The average Bonchev–Trinajstić information content (AvgIpc) is 2.88. The molecule has 126 valence electrons. The highest BCUT2D eigenvalue weighted by molar-refractivity contribution is 5.76. The second-order valence-electron chi connectivity index (χ2n) is 6.49. The maximum Gasteiger partial charge on any atom is 0.225 e. The van der Waals surface area contributed by atoms with Gasteiger partial charge >= 0.3 is 0 Å². The molecule has 5 heteroatoms. The van der Waals surface area contributed by atoms with Crippen molar-refractivity contribution in [3.63, 3.8) is 0 Å². The second-order valence-corrected chi connectivity index (χ2v) is 6.49. The summed E-state index contributed by atoms with van der Waals surface area (Å²) < 4.78 is 10.9. The molecule has 5 nitrogen and oxygen atoms in total. The van der Waals surface area contributed by atoms with Crippen molar-refractivity contribution in [3.05, 3.63) is 35.9 Å². The van der Waals surface area contributed by atoms with E-state index in [0.29, 0.717) is 25.7 Å². The van der Waals surface area contributed by atoms with E-state index in [2.05, 4.69) is 41.4 Å². The number of benzene rings is 1. The molecule has 0 spiro atoms. The molecule has 23 heavy (non-hydrogen) atoms. The van der Waals surface area contributed by atoms with Gasteiger partial charge in [-0.1, -0.05) is 30.3 Å². The normalized spacial score (nSPS) is 26.3. The first kappa shape index (κ1) is 16.4. The van der Waals surface area contributed by atoms with Gasteiger partial charge in [-0.15, -0.1) is 0 Å². The molecule has 0 unspecified atom stereocenters. The zero-order valence-electron chi connectivity index (χ0n) is 13.7. The van der Waals surface area contributed by atoms with Gasteiger partial charge in [0.2, 0.25) is 5.91 Å². The minimum absolute atomic E-state index is 0.0238. The van der Waals surface area contributed by atoms with Gasteiger partial charge in [-0.25, -0.2) is 0 Å². The van der Waals surface area contributed by atoms with Crippen molar-refractivity contribution in [3.8, 4) is 0 Å². The molecular weight excluding hydrogens is 292 g/mol. The van der Waals surface area contributed by atoms with Crippen molar-refractivity contribution in [1.82, 2.24) is 10.2 Å². The molecule has 0 saturated carbocycles. The SMILES string of the molecule is C[C@@H]1C[C@@H](NC(=O)CC2OCCCO2)CN1Cc1ccccc1. The van der Waals surface area contributed by atoms with Crippen LogP contribution in [-0.2, 0) is 20.8 Å². The van der Waals surface area contributed by atoms with Crippen molar-refractivity contribution < 1.29 is 14.3 Å². The van der Waals surface area contributed by atoms with Gasteiger partial charge in [0.1, 0.15) is 0 Å². The van der Waals surface area contributed by atoms with Crippen molar-refractivity contribution in [2.45, 2.75) is 51.1 Å². The highest BCUT2D eigenvalue weighted by atomic mass is 16.7. The molecule has 0 aromatic heterocycles. The fourth-order valence-corrected chi connectivity index (χ4v) is 3.33. The second kappa shape index (κ2) is 7.90. The van der Waals surface area contributed by atoms with Gasteiger partial charge in [0.15, 0.2) is 6.29 Å². The Balaban J connectivity index is 1.45. The lowest BCUT2D eigenvalue weighted by Gasteiger charge is -2.23. The van der Waals surface area contributed by atoms with Crippen molar-refractivity contribution in [1.29, 1.82) is 0 Å². The van der Waals surface area contributed by atoms with Crippen LogP contribution in [0.25, 0.3) is 0 Å². The Labute approximate surface area is 137 Å². The Kier molecular flexibility index (Phi) is 5.65. The molecule has 1 N–H and O–H groups in total. The Morgan fingerprint density at radius 1 is 1.26 bits per heavy atom. The first-order valence-corrected chi connectivity index (χ1v) is 8.51. The molecule has 2 saturated heterocycles. The average molecular weight is 318 g/mol. The number of likely N-dealkylation sites (tertiary alicyclic amines) is 1. The molecular formula is C18H26N2O3. The summed E-state index contributed by atoms with van der Waals surface area (Å²) in [6.07, 6.45) is 1.82. The van der Waals surface area contributed by atoms with Gasteiger partial charge in [-0.2, -0.15) is 0 Å². The first-order valence-electron chi connectivity index (χ1n) is 8.51. The minimum Gasteiger partial charge on any atom is -0.352 e. The van der Waals surface area contributed by atoms with Crippen LogP contribution in [0.15, 0.2) is 30.3 Å². The Hall–Kier alpha value is -1.43. The van der Waals surface area contributed by atoms with Crippen LogP contribution in [0.2, 0.25) is 0 Å². The highest BCUT2D eigenvalue weighted by Gasteiger charge is 2.30. The summed E-state index contributed by atoms with van der Waals surface area (Å²) in [7, 11) is 0.